The first-order chi connectivity index (χ1) is 46.4. The Morgan fingerprint density at radius 3 is 1.27 bits per heavy atom. The Kier molecular flexibility index (Phi) is 16.2. The van der Waals surface area contributed by atoms with Crippen LogP contribution in [0.2, 0.25) is 0 Å². The van der Waals surface area contributed by atoms with Crippen LogP contribution in [0.5, 0.6) is 0 Å². The number of nitrogens with zero attached hydrogens (tertiary/aromatic N) is 8. The predicted octanol–water partition coefficient (Wildman–Crippen LogP) is 18.9. The Morgan fingerprint density at radius 2 is 0.802 bits per heavy atom. The second kappa shape index (κ2) is 25.0. The SMILES string of the molecule is Cc1c(-c2cccc[n+]2C)cc2oc3ccc(C#N)cc3c2c1F.Cc1c(-c2cccc[n+]2C)cc2oc3cccc(C#N)c3c2c1F.[C-]#[N+]c1ccc2c(c1)oc1cc(-c3cccc[n+]3C)c(C)c(F)c12.[C-]#[N+]c1cccc2c1oc1cc(-c3cccc[n+]3C)c(C)c(F)c12. The molecule has 0 spiro atoms. The zero-order valence-corrected chi connectivity index (χ0v) is 53.2. The molecule has 464 valence electrons. The van der Waals surface area contributed by atoms with Gasteiger partial charge in [-0.05, 0) is 135 Å². The highest BCUT2D eigenvalue weighted by atomic mass is 19.1. The minimum Gasteiger partial charge on any atom is -0.467 e. The van der Waals surface area contributed by atoms with Gasteiger partial charge in [0.1, 0.15) is 96.1 Å². The van der Waals surface area contributed by atoms with Gasteiger partial charge in [-0.25, -0.2) is 45.5 Å². The minimum absolute atomic E-state index is 0.277. The Morgan fingerprint density at radius 1 is 0.365 bits per heavy atom. The minimum atomic E-state index is -0.340. The van der Waals surface area contributed by atoms with E-state index in [0.717, 1.165) is 45.0 Å². The maximum Gasteiger partial charge on any atom is 0.229 e. The fourth-order valence-electron chi connectivity index (χ4n) is 12.6. The number of rotatable bonds is 4. The predicted molar refractivity (Wildman–Crippen MR) is 362 cm³/mol. The largest absolute Gasteiger partial charge is 0.467 e. The molecule has 0 aliphatic carbocycles. The maximum atomic E-state index is 15.2. The smallest absolute Gasteiger partial charge is 0.229 e. The lowest BCUT2D eigenvalue weighted by Crippen LogP contribution is -2.30. The van der Waals surface area contributed by atoms with Crippen molar-refractivity contribution in [1.29, 1.82) is 10.5 Å². The second-order valence-electron chi connectivity index (χ2n) is 23.3. The lowest BCUT2D eigenvalue weighted by Gasteiger charge is -2.06. The van der Waals surface area contributed by atoms with Gasteiger partial charge in [-0.2, -0.15) is 10.5 Å². The first kappa shape index (κ1) is 62.1. The number of fused-ring (bicyclic) bond motifs is 12. The first-order valence-electron chi connectivity index (χ1n) is 30.4. The molecule has 8 heterocycles. The summed E-state index contributed by atoms with van der Waals surface area (Å²) in [6.07, 6.45) is 7.70. The number of halogens is 4. The van der Waals surface area contributed by atoms with Crippen molar-refractivity contribution in [3.8, 4) is 57.2 Å². The van der Waals surface area contributed by atoms with Gasteiger partial charge in [-0.15, -0.1) is 0 Å². The quantitative estimate of drug-likeness (QED) is 0.0982. The third kappa shape index (κ3) is 10.7. The molecule has 8 aromatic carbocycles. The van der Waals surface area contributed by atoms with E-state index in [1.54, 1.807) is 100 Å². The van der Waals surface area contributed by atoms with Gasteiger partial charge >= 0.3 is 0 Å². The van der Waals surface area contributed by atoms with E-state index in [9.17, 15) is 5.26 Å². The van der Waals surface area contributed by atoms with Gasteiger partial charge in [0.15, 0.2) is 30.5 Å². The summed E-state index contributed by atoms with van der Waals surface area (Å²) >= 11 is 0. The Bertz CT molecular complexity index is 5960. The lowest BCUT2D eigenvalue weighted by molar-refractivity contribution is -0.660. The van der Waals surface area contributed by atoms with Gasteiger partial charge in [0.2, 0.25) is 28.5 Å². The Hall–Kier alpha value is -12.8. The molecule has 16 rings (SSSR count). The monoisotopic (exact) mass is 1270 g/mol. The first-order valence-corrected chi connectivity index (χ1v) is 30.4. The number of nitriles is 2. The topological polar surface area (TPSA) is 124 Å². The average Bonchev–Trinajstić information content (AvgIpc) is 1.60. The average molecular weight is 1270 g/mol. The molecular weight excluding hydrogens is 1210 g/mol. The van der Waals surface area contributed by atoms with Crippen LogP contribution in [-0.4, -0.2) is 0 Å². The molecule has 0 N–H and O–H groups in total. The van der Waals surface area contributed by atoms with Crippen LogP contribution in [0.1, 0.15) is 33.4 Å². The van der Waals surface area contributed by atoms with Crippen LogP contribution in [0.4, 0.5) is 28.9 Å². The summed E-state index contributed by atoms with van der Waals surface area (Å²) in [5.74, 6) is -1.22. The molecule has 0 fully saturated rings. The zero-order chi connectivity index (χ0) is 67.4. The molecule has 16 aromatic rings. The van der Waals surface area contributed by atoms with Crippen LogP contribution in [0, 0.1) is 86.8 Å². The molecule has 0 bridgehead atoms. The van der Waals surface area contributed by atoms with E-state index in [4.69, 9.17) is 36.1 Å². The van der Waals surface area contributed by atoms with Crippen LogP contribution in [0.3, 0.4) is 0 Å². The molecule has 0 unspecified atom stereocenters. The van der Waals surface area contributed by atoms with Crippen LogP contribution < -0.4 is 18.3 Å². The van der Waals surface area contributed by atoms with Gasteiger partial charge in [0, 0.05) is 70.1 Å². The number of hydrogen-bond acceptors (Lipinski definition) is 6. The number of aromatic nitrogens is 4. The van der Waals surface area contributed by atoms with Crippen molar-refractivity contribution in [1.82, 2.24) is 0 Å². The van der Waals surface area contributed by atoms with E-state index < -0.39 is 0 Å². The van der Waals surface area contributed by atoms with Crippen molar-refractivity contribution in [2.45, 2.75) is 27.7 Å². The second-order valence-corrected chi connectivity index (χ2v) is 23.3. The summed E-state index contributed by atoms with van der Waals surface area (Å²) < 4.78 is 91.7. The van der Waals surface area contributed by atoms with E-state index in [-0.39, 0.29) is 23.3 Å². The highest BCUT2D eigenvalue weighted by Crippen LogP contribution is 2.43. The molecule has 16 heteroatoms. The van der Waals surface area contributed by atoms with E-state index >= 15 is 17.6 Å². The number of pyridine rings is 4. The third-order valence-corrected chi connectivity index (χ3v) is 17.6. The Labute approximate surface area is 547 Å². The number of hydrogen-bond donors (Lipinski definition) is 0. The normalized spacial score (nSPS) is 11.1. The van der Waals surface area contributed by atoms with Crippen molar-refractivity contribution >= 4 is 99.1 Å². The number of benzene rings is 8. The third-order valence-electron chi connectivity index (χ3n) is 17.6. The number of aryl methyl sites for hydroxylation is 4. The maximum absolute atomic E-state index is 15.2. The summed E-state index contributed by atoms with van der Waals surface area (Å²) in [7, 11) is 7.70. The molecule has 0 saturated heterocycles. The standard InChI is InChI=1S/4C20H14FN2O/c1-12-14(16-9-4-5-10-23(16)3)11-17-18(19(12)21)13-7-6-8-15(22-2)20(13)24-17;1-12-15(16-6-4-5-9-23(16)3)11-18-19(20(12)21)14-8-7-13(22-2)10-17(14)24-18;1-12-14(15-7-3-4-9-23(15)2)10-17-19(20(12)21)18-13(11-22)6-5-8-16(18)24-17;1-12-14(16-5-3-4-8-23(16)2)10-18-19(20(12)21)15-9-13(11-22)6-7-17(15)24-18/h2*4-11H,1,3H3;2*3-10H,1-2H3/q4*+1. The molecule has 8 aromatic heterocycles. The molecule has 12 nitrogen and oxygen atoms in total. The van der Waals surface area contributed by atoms with Crippen LogP contribution in [0.25, 0.3) is 142 Å². The molecule has 0 aliphatic rings. The van der Waals surface area contributed by atoms with Crippen molar-refractivity contribution in [3.63, 3.8) is 0 Å². The van der Waals surface area contributed by atoms with Crippen LogP contribution in [-0.2, 0) is 28.2 Å². The molecule has 96 heavy (non-hydrogen) atoms. The van der Waals surface area contributed by atoms with E-state index in [2.05, 4.69) is 21.8 Å². The summed E-state index contributed by atoms with van der Waals surface area (Å²) in [4.78, 5) is 6.87. The van der Waals surface area contributed by atoms with E-state index in [0.29, 0.717) is 133 Å². The van der Waals surface area contributed by atoms with Crippen molar-refractivity contribution in [2.24, 2.45) is 28.2 Å². The van der Waals surface area contributed by atoms with Crippen LogP contribution in [0.15, 0.2) is 212 Å². The van der Waals surface area contributed by atoms with Crippen molar-refractivity contribution in [3.05, 3.63) is 274 Å². The molecule has 0 saturated carbocycles. The highest BCUT2D eigenvalue weighted by Gasteiger charge is 2.27. The lowest BCUT2D eigenvalue weighted by atomic mass is 9.99. The zero-order valence-electron chi connectivity index (χ0n) is 53.2. The molecule has 0 amide bonds. The summed E-state index contributed by atoms with van der Waals surface area (Å²) in [6.45, 7) is 21.5. The van der Waals surface area contributed by atoms with Gasteiger partial charge in [-0.1, -0.05) is 36.4 Å². The number of furan rings is 4. The van der Waals surface area contributed by atoms with Crippen molar-refractivity contribution < 1.29 is 53.5 Å². The number of para-hydroxylation sites is 1. The molecular formula is C80H56F4N8O4+4. The molecule has 0 radical (unpaired) electrons. The highest BCUT2D eigenvalue weighted by molar-refractivity contribution is 6.12. The van der Waals surface area contributed by atoms with Crippen molar-refractivity contribution in [2.75, 3.05) is 0 Å². The van der Waals surface area contributed by atoms with E-state index in [1.165, 1.54) is 0 Å². The summed E-state index contributed by atoms with van der Waals surface area (Å²) in [6, 6.07) is 55.4. The fraction of sp³-hybridized carbons (Fsp3) is 0.100. The Balaban J connectivity index is 0.000000116. The summed E-state index contributed by atoms with van der Waals surface area (Å²) in [5.41, 5.74) is 14.8. The van der Waals surface area contributed by atoms with Gasteiger partial charge < -0.3 is 17.7 Å². The fourth-order valence-corrected chi connectivity index (χ4v) is 12.6. The summed E-state index contributed by atoms with van der Waals surface area (Å²) in [5, 5.41) is 22.6. The van der Waals surface area contributed by atoms with Crippen LogP contribution >= 0.6 is 0 Å². The molecule has 0 atom stereocenters. The van der Waals surface area contributed by atoms with Gasteiger partial charge in [0.05, 0.1) is 80.2 Å². The van der Waals surface area contributed by atoms with Gasteiger partial charge in [-0.3, -0.25) is 0 Å². The van der Waals surface area contributed by atoms with Gasteiger partial charge in [0.25, 0.3) is 0 Å². The van der Waals surface area contributed by atoms with E-state index in [1.807, 2.05) is 168 Å². The molecule has 0 aliphatic heterocycles.